The molecule has 0 spiro atoms. The number of alkyl halides is 2. The average molecular weight is 265 g/mol. The molecular formula is C13H9F2NO3. The van der Waals surface area contributed by atoms with Crippen LogP contribution in [0.4, 0.5) is 8.78 Å². The molecule has 0 radical (unpaired) electrons. The molecule has 0 bridgehead atoms. The van der Waals surface area contributed by atoms with Crippen molar-refractivity contribution in [2.24, 2.45) is 0 Å². The van der Waals surface area contributed by atoms with E-state index >= 15 is 0 Å². The Bertz CT molecular complexity index is 602. The summed E-state index contributed by atoms with van der Waals surface area (Å²) in [5, 5.41) is 8.84. The summed E-state index contributed by atoms with van der Waals surface area (Å²) >= 11 is 0. The van der Waals surface area contributed by atoms with E-state index in [4.69, 9.17) is 5.11 Å². The number of carboxylic acids is 1. The van der Waals surface area contributed by atoms with Gasteiger partial charge in [-0.15, -0.1) is 0 Å². The molecule has 0 unspecified atom stereocenters. The van der Waals surface area contributed by atoms with Crippen LogP contribution < -0.4 is 4.74 Å². The monoisotopic (exact) mass is 265 g/mol. The van der Waals surface area contributed by atoms with Gasteiger partial charge in [0.1, 0.15) is 11.4 Å². The predicted octanol–water partition coefficient (Wildman–Crippen LogP) is 3.05. The number of benzene rings is 1. The Morgan fingerprint density at radius 3 is 2.63 bits per heavy atom. The number of hydrogen-bond acceptors (Lipinski definition) is 3. The zero-order chi connectivity index (χ0) is 13.8. The van der Waals surface area contributed by atoms with Crippen LogP contribution >= 0.6 is 0 Å². The molecule has 98 valence electrons. The lowest BCUT2D eigenvalue weighted by Gasteiger charge is -2.07. The maximum atomic E-state index is 12.1. The van der Waals surface area contributed by atoms with Crippen LogP contribution in [0, 0.1) is 0 Å². The molecule has 0 saturated carbocycles. The molecule has 0 saturated heterocycles. The molecule has 1 heterocycles. The molecule has 1 aromatic carbocycles. The third kappa shape index (κ3) is 3.25. The highest BCUT2D eigenvalue weighted by Crippen LogP contribution is 2.25. The number of carboxylic acid groups (broad SMARTS) is 1. The number of aromatic nitrogens is 1. The SMILES string of the molecule is O=C(O)c1cc(-c2cccc(OC(F)F)c2)ccn1. The molecule has 6 heteroatoms. The van der Waals surface area contributed by atoms with Gasteiger partial charge in [-0.3, -0.25) is 0 Å². The van der Waals surface area contributed by atoms with Crippen LogP contribution in [0.15, 0.2) is 42.6 Å². The second-order valence-electron chi connectivity index (χ2n) is 3.64. The van der Waals surface area contributed by atoms with Crippen molar-refractivity contribution in [3.8, 4) is 16.9 Å². The maximum absolute atomic E-state index is 12.1. The number of nitrogens with zero attached hydrogens (tertiary/aromatic N) is 1. The Balaban J connectivity index is 2.36. The summed E-state index contributed by atoms with van der Waals surface area (Å²) in [7, 11) is 0. The first kappa shape index (κ1) is 12.9. The topological polar surface area (TPSA) is 59.4 Å². The summed E-state index contributed by atoms with van der Waals surface area (Å²) in [5.74, 6) is -1.14. The fourth-order valence-corrected chi connectivity index (χ4v) is 1.58. The number of aromatic carboxylic acids is 1. The van der Waals surface area contributed by atoms with Crippen LogP contribution in [0.5, 0.6) is 5.75 Å². The van der Waals surface area contributed by atoms with Gasteiger partial charge in [-0.2, -0.15) is 8.78 Å². The van der Waals surface area contributed by atoms with Crippen molar-refractivity contribution < 1.29 is 23.4 Å². The van der Waals surface area contributed by atoms with E-state index in [0.29, 0.717) is 11.1 Å². The number of carbonyl (C=O) groups is 1. The van der Waals surface area contributed by atoms with E-state index in [9.17, 15) is 13.6 Å². The van der Waals surface area contributed by atoms with E-state index in [1.165, 1.54) is 24.4 Å². The highest BCUT2D eigenvalue weighted by molar-refractivity contribution is 5.87. The summed E-state index contributed by atoms with van der Waals surface area (Å²) in [6.45, 7) is -2.90. The molecule has 2 rings (SSSR count). The number of pyridine rings is 1. The van der Waals surface area contributed by atoms with Gasteiger partial charge < -0.3 is 9.84 Å². The minimum Gasteiger partial charge on any atom is -0.477 e. The molecule has 0 aliphatic rings. The Morgan fingerprint density at radius 1 is 1.21 bits per heavy atom. The van der Waals surface area contributed by atoms with Crippen LogP contribution in [0.25, 0.3) is 11.1 Å². The van der Waals surface area contributed by atoms with Gasteiger partial charge in [0.05, 0.1) is 0 Å². The van der Waals surface area contributed by atoms with Crippen molar-refractivity contribution in [1.82, 2.24) is 4.98 Å². The van der Waals surface area contributed by atoms with E-state index < -0.39 is 12.6 Å². The van der Waals surface area contributed by atoms with Crippen molar-refractivity contribution in [2.75, 3.05) is 0 Å². The van der Waals surface area contributed by atoms with Gasteiger partial charge in [0.15, 0.2) is 0 Å². The predicted molar refractivity (Wildman–Crippen MR) is 63.3 cm³/mol. The number of hydrogen-bond donors (Lipinski definition) is 1. The summed E-state index contributed by atoms with van der Waals surface area (Å²) < 4.78 is 28.5. The number of halogens is 2. The molecule has 1 aromatic heterocycles. The zero-order valence-electron chi connectivity index (χ0n) is 9.59. The van der Waals surface area contributed by atoms with E-state index in [1.807, 2.05) is 0 Å². The van der Waals surface area contributed by atoms with Crippen LogP contribution in [0.2, 0.25) is 0 Å². The second kappa shape index (κ2) is 5.43. The second-order valence-corrected chi connectivity index (χ2v) is 3.64. The lowest BCUT2D eigenvalue weighted by atomic mass is 10.1. The molecule has 0 aliphatic carbocycles. The Labute approximate surface area is 107 Å². The van der Waals surface area contributed by atoms with E-state index in [2.05, 4.69) is 9.72 Å². The van der Waals surface area contributed by atoms with E-state index in [-0.39, 0.29) is 11.4 Å². The number of rotatable bonds is 4. The molecule has 2 aromatic rings. The van der Waals surface area contributed by atoms with Crippen LogP contribution in [-0.2, 0) is 0 Å². The van der Waals surface area contributed by atoms with Crippen molar-refractivity contribution in [1.29, 1.82) is 0 Å². The fourth-order valence-electron chi connectivity index (χ4n) is 1.58. The van der Waals surface area contributed by atoms with Crippen molar-refractivity contribution in [3.05, 3.63) is 48.3 Å². The Morgan fingerprint density at radius 2 is 1.95 bits per heavy atom. The van der Waals surface area contributed by atoms with Crippen LogP contribution in [-0.4, -0.2) is 22.7 Å². The largest absolute Gasteiger partial charge is 0.477 e. The maximum Gasteiger partial charge on any atom is 0.387 e. The van der Waals surface area contributed by atoms with Gasteiger partial charge in [0.25, 0.3) is 0 Å². The first-order valence-electron chi connectivity index (χ1n) is 5.31. The van der Waals surface area contributed by atoms with Gasteiger partial charge in [-0.05, 0) is 35.4 Å². The highest BCUT2D eigenvalue weighted by Gasteiger charge is 2.08. The Kier molecular flexibility index (Phi) is 3.70. The van der Waals surface area contributed by atoms with E-state index in [0.717, 1.165) is 0 Å². The lowest BCUT2D eigenvalue weighted by molar-refractivity contribution is -0.0498. The average Bonchev–Trinajstić information content (AvgIpc) is 2.38. The van der Waals surface area contributed by atoms with Crippen LogP contribution in [0.1, 0.15) is 10.5 Å². The fraction of sp³-hybridized carbons (Fsp3) is 0.0769. The van der Waals surface area contributed by atoms with Gasteiger partial charge in [0, 0.05) is 6.20 Å². The quantitative estimate of drug-likeness (QED) is 0.923. The molecule has 19 heavy (non-hydrogen) atoms. The third-order valence-electron chi connectivity index (χ3n) is 2.37. The standard InChI is InChI=1S/C13H9F2NO3/c14-13(15)19-10-3-1-2-8(6-10)9-4-5-16-11(7-9)12(17)18/h1-7,13H,(H,17,18). The van der Waals surface area contributed by atoms with Gasteiger partial charge in [-0.1, -0.05) is 12.1 Å². The molecule has 0 fully saturated rings. The van der Waals surface area contributed by atoms with Crippen molar-refractivity contribution >= 4 is 5.97 Å². The summed E-state index contributed by atoms with van der Waals surface area (Å²) in [6.07, 6.45) is 1.35. The number of ether oxygens (including phenoxy) is 1. The zero-order valence-corrected chi connectivity index (χ0v) is 9.59. The highest BCUT2D eigenvalue weighted by atomic mass is 19.3. The third-order valence-corrected chi connectivity index (χ3v) is 2.37. The first-order valence-corrected chi connectivity index (χ1v) is 5.31. The molecule has 0 atom stereocenters. The normalized spacial score (nSPS) is 10.5. The molecule has 1 N–H and O–H groups in total. The van der Waals surface area contributed by atoms with Gasteiger partial charge >= 0.3 is 12.6 Å². The van der Waals surface area contributed by atoms with E-state index in [1.54, 1.807) is 18.2 Å². The first-order chi connectivity index (χ1) is 9.06. The molecule has 4 nitrogen and oxygen atoms in total. The van der Waals surface area contributed by atoms with Crippen molar-refractivity contribution in [3.63, 3.8) is 0 Å². The summed E-state index contributed by atoms with van der Waals surface area (Å²) in [6, 6.07) is 8.98. The smallest absolute Gasteiger partial charge is 0.387 e. The molecule has 0 aliphatic heterocycles. The van der Waals surface area contributed by atoms with Gasteiger partial charge in [0.2, 0.25) is 0 Å². The minimum atomic E-state index is -2.90. The molecular weight excluding hydrogens is 256 g/mol. The van der Waals surface area contributed by atoms with Crippen LogP contribution in [0.3, 0.4) is 0 Å². The Hall–Kier alpha value is -2.50. The summed E-state index contributed by atoms with van der Waals surface area (Å²) in [4.78, 5) is 14.5. The lowest BCUT2D eigenvalue weighted by Crippen LogP contribution is -2.02. The minimum absolute atomic E-state index is 0.0150. The summed E-state index contributed by atoms with van der Waals surface area (Å²) in [5.41, 5.74) is 1.02. The van der Waals surface area contributed by atoms with Crippen molar-refractivity contribution in [2.45, 2.75) is 6.61 Å². The van der Waals surface area contributed by atoms with Gasteiger partial charge in [-0.25, -0.2) is 9.78 Å². The molecule has 0 amide bonds.